The van der Waals surface area contributed by atoms with Crippen LogP contribution < -0.4 is 5.32 Å². The van der Waals surface area contributed by atoms with Crippen LogP contribution in [0.5, 0.6) is 0 Å². The Kier molecular flexibility index (Phi) is 4.87. The average Bonchev–Trinajstić information content (AvgIpc) is 2.34. The third-order valence-electron chi connectivity index (χ3n) is 2.22. The molecule has 1 aromatic carbocycles. The van der Waals surface area contributed by atoms with Crippen LogP contribution in [0, 0.1) is 0 Å². The van der Waals surface area contributed by atoms with Crippen molar-refractivity contribution >= 4 is 27.6 Å². The van der Waals surface area contributed by atoms with E-state index < -0.39 is 21.9 Å². The molecule has 0 atom stereocenters. The Hall–Kier alpha value is -2.35. The van der Waals surface area contributed by atoms with Crippen molar-refractivity contribution in [3.05, 3.63) is 36.4 Å². The molecule has 0 bridgehead atoms. The molecule has 2 N–H and O–H groups in total. The van der Waals surface area contributed by atoms with Gasteiger partial charge in [-0.1, -0.05) is 12.7 Å². The van der Waals surface area contributed by atoms with Gasteiger partial charge in [0.1, 0.15) is 6.61 Å². The zero-order valence-electron chi connectivity index (χ0n) is 10.6. The summed E-state index contributed by atoms with van der Waals surface area (Å²) in [7, 11) is -3.52. The molecular formula is C12H13NO6S. The zero-order valence-corrected chi connectivity index (χ0v) is 11.4. The number of ether oxygens (including phenoxy) is 1. The van der Waals surface area contributed by atoms with Gasteiger partial charge in [-0.25, -0.2) is 18.0 Å². The molecule has 0 unspecified atom stereocenters. The zero-order chi connectivity index (χ0) is 15.3. The second-order valence-electron chi connectivity index (χ2n) is 3.80. The van der Waals surface area contributed by atoms with E-state index >= 15 is 0 Å². The first kappa shape index (κ1) is 15.7. The number of benzene rings is 1. The number of hydrogen-bond acceptors (Lipinski definition) is 5. The molecule has 0 aromatic heterocycles. The Balaban J connectivity index is 3.16. The first-order chi connectivity index (χ1) is 9.25. The lowest BCUT2D eigenvalue weighted by molar-refractivity contribution is 0.0698. The van der Waals surface area contributed by atoms with Crippen LogP contribution >= 0.6 is 0 Å². The highest BCUT2D eigenvalue weighted by molar-refractivity contribution is 7.90. The molecule has 0 spiro atoms. The topological polar surface area (TPSA) is 110 Å². The van der Waals surface area contributed by atoms with E-state index in [1.807, 2.05) is 0 Å². The predicted molar refractivity (Wildman–Crippen MR) is 71.7 cm³/mol. The van der Waals surface area contributed by atoms with Gasteiger partial charge in [-0.2, -0.15) is 0 Å². The van der Waals surface area contributed by atoms with Gasteiger partial charge in [-0.3, -0.25) is 5.32 Å². The molecule has 0 saturated carbocycles. The summed E-state index contributed by atoms with van der Waals surface area (Å²) in [6, 6.07) is 3.31. The third-order valence-corrected chi connectivity index (χ3v) is 3.33. The monoisotopic (exact) mass is 299 g/mol. The lowest BCUT2D eigenvalue weighted by atomic mass is 10.2. The molecule has 1 amide bonds. The molecule has 1 rings (SSSR count). The maximum absolute atomic E-state index is 11.4. The maximum atomic E-state index is 11.4. The number of anilines is 1. The smallest absolute Gasteiger partial charge is 0.411 e. The molecule has 7 nitrogen and oxygen atoms in total. The molecule has 20 heavy (non-hydrogen) atoms. The third kappa shape index (κ3) is 4.09. The number of carboxylic acid groups (broad SMARTS) is 1. The lowest BCUT2D eigenvalue weighted by Gasteiger charge is -2.10. The van der Waals surface area contributed by atoms with Crippen LogP contribution in [-0.4, -0.2) is 38.4 Å². The quantitative estimate of drug-likeness (QED) is 0.798. The molecule has 0 aliphatic rings. The average molecular weight is 299 g/mol. The number of sulfone groups is 1. The van der Waals surface area contributed by atoms with Gasteiger partial charge >= 0.3 is 12.1 Å². The molecule has 0 aliphatic heterocycles. The van der Waals surface area contributed by atoms with Gasteiger partial charge in [0.25, 0.3) is 0 Å². The molecule has 0 heterocycles. The molecular weight excluding hydrogens is 286 g/mol. The standard InChI is InChI=1S/C12H13NO6S/c1-3-6-19-12(16)13-10-7-8(20(2,17)18)4-5-9(10)11(14)15/h3-5,7H,1,6H2,2H3,(H,13,16)(H,14,15). The number of aromatic carboxylic acids is 1. The van der Waals surface area contributed by atoms with Crippen molar-refractivity contribution in [3.63, 3.8) is 0 Å². The van der Waals surface area contributed by atoms with E-state index in [1.165, 1.54) is 6.08 Å². The minimum atomic E-state index is -3.52. The molecule has 0 radical (unpaired) electrons. The van der Waals surface area contributed by atoms with Crippen LogP contribution in [-0.2, 0) is 14.6 Å². The highest BCUT2D eigenvalue weighted by Gasteiger charge is 2.17. The molecule has 8 heteroatoms. The van der Waals surface area contributed by atoms with Gasteiger partial charge in [0.05, 0.1) is 16.1 Å². The summed E-state index contributed by atoms with van der Waals surface area (Å²) in [4.78, 5) is 22.3. The molecule has 0 fully saturated rings. The van der Waals surface area contributed by atoms with E-state index in [4.69, 9.17) is 5.11 Å². The number of carboxylic acids is 1. The Morgan fingerprint density at radius 2 is 2.10 bits per heavy atom. The number of rotatable bonds is 5. The highest BCUT2D eigenvalue weighted by Crippen LogP contribution is 2.21. The van der Waals surface area contributed by atoms with Crippen molar-refractivity contribution in [1.29, 1.82) is 0 Å². The van der Waals surface area contributed by atoms with Gasteiger partial charge < -0.3 is 9.84 Å². The minimum absolute atomic E-state index is 0.0556. The first-order valence-electron chi connectivity index (χ1n) is 5.37. The van der Waals surface area contributed by atoms with Crippen LogP contribution in [0.25, 0.3) is 0 Å². The number of nitrogens with one attached hydrogen (secondary N) is 1. The summed E-state index contributed by atoms with van der Waals surface area (Å²) in [5, 5.41) is 11.2. The summed E-state index contributed by atoms with van der Waals surface area (Å²) in [6.45, 7) is 3.30. The normalized spacial score (nSPS) is 10.7. The van der Waals surface area contributed by atoms with E-state index in [-0.39, 0.29) is 22.8 Å². The van der Waals surface area contributed by atoms with Gasteiger partial charge in [-0.15, -0.1) is 0 Å². The van der Waals surface area contributed by atoms with Gasteiger partial charge in [-0.05, 0) is 18.2 Å². The van der Waals surface area contributed by atoms with Gasteiger partial charge in [0.2, 0.25) is 0 Å². The van der Waals surface area contributed by atoms with Crippen molar-refractivity contribution < 1.29 is 27.9 Å². The Bertz CT molecular complexity index is 650. The number of hydrogen-bond donors (Lipinski definition) is 2. The van der Waals surface area contributed by atoms with E-state index in [0.29, 0.717) is 0 Å². The SMILES string of the molecule is C=CCOC(=O)Nc1cc(S(C)(=O)=O)ccc1C(=O)O. The highest BCUT2D eigenvalue weighted by atomic mass is 32.2. The summed E-state index contributed by atoms with van der Waals surface area (Å²) in [5.74, 6) is -1.30. The fourth-order valence-corrected chi connectivity index (χ4v) is 1.97. The van der Waals surface area contributed by atoms with Crippen LogP contribution in [0.4, 0.5) is 10.5 Å². The summed E-state index contributed by atoms with van der Waals surface area (Å²) < 4.78 is 27.5. The summed E-state index contributed by atoms with van der Waals surface area (Å²) in [5.41, 5.74) is -0.401. The molecule has 0 saturated heterocycles. The van der Waals surface area contributed by atoms with E-state index in [0.717, 1.165) is 24.5 Å². The second kappa shape index (κ2) is 6.20. The van der Waals surface area contributed by atoms with Crippen LogP contribution in [0.3, 0.4) is 0 Å². The maximum Gasteiger partial charge on any atom is 0.411 e. The molecule has 108 valence electrons. The van der Waals surface area contributed by atoms with Crippen molar-refractivity contribution in [2.75, 3.05) is 18.2 Å². The summed E-state index contributed by atoms with van der Waals surface area (Å²) in [6.07, 6.45) is 1.41. The minimum Gasteiger partial charge on any atom is -0.478 e. The fourth-order valence-electron chi connectivity index (χ4n) is 1.32. The predicted octanol–water partition coefficient (Wildman–Crippen LogP) is 1.52. The number of carbonyl (C=O) groups excluding carboxylic acids is 1. The van der Waals surface area contributed by atoms with Crippen molar-refractivity contribution in [2.45, 2.75) is 4.90 Å². The summed E-state index contributed by atoms with van der Waals surface area (Å²) >= 11 is 0. The Morgan fingerprint density at radius 3 is 2.60 bits per heavy atom. The van der Waals surface area contributed by atoms with Gasteiger partial charge in [0, 0.05) is 6.26 Å². The number of carbonyl (C=O) groups is 2. The largest absolute Gasteiger partial charge is 0.478 e. The first-order valence-corrected chi connectivity index (χ1v) is 7.27. The Morgan fingerprint density at radius 1 is 1.45 bits per heavy atom. The molecule has 0 aliphatic carbocycles. The van der Waals surface area contributed by atoms with E-state index in [9.17, 15) is 18.0 Å². The molecule has 1 aromatic rings. The van der Waals surface area contributed by atoms with E-state index in [1.54, 1.807) is 0 Å². The van der Waals surface area contributed by atoms with Crippen molar-refractivity contribution in [2.24, 2.45) is 0 Å². The van der Waals surface area contributed by atoms with E-state index in [2.05, 4.69) is 16.6 Å². The fraction of sp³-hybridized carbons (Fsp3) is 0.167. The number of amides is 1. The lowest BCUT2D eigenvalue weighted by Crippen LogP contribution is -2.16. The van der Waals surface area contributed by atoms with Crippen molar-refractivity contribution in [3.8, 4) is 0 Å². The van der Waals surface area contributed by atoms with Crippen LogP contribution in [0.15, 0.2) is 35.7 Å². The van der Waals surface area contributed by atoms with Crippen molar-refractivity contribution in [1.82, 2.24) is 0 Å². The van der Waals surface area contributed by atoms with Crippen LogP contribution in [0.1, 0.15) is 10.4 Å². The van der Waals surface area contributed by atoms with Crippen LogP contribution in [0.2, 0.25) is 0 Å². The Labute approximate surface area is 115 Å². The van der Waals surface area contributed by atoms with Gasteiger partial charge in [0.15, 0.2) is 9.84 Å². The second-order valence-corrected chi connectivity index (χ2v) is 5.81.